The molecule has 0 aliphatic rings. The second-order valence-electron chi connectivity index (χ2n) is 3.66. The summed E-state index contributed by atoms with van der Waals surface area (Å²) in [5.74, 6) is 1.17. The van der Waals surface area contributed by atoms with Crippen LogP contribution in [-0.2, 0) is 0 Å². The van der Waals surface area contributed by atoms with Gasteiger partial charge in [-0.1, -0.05) is 18.2 Å². The van der Waals surface area contributed by atoms with E-state index >= 15 is 0 Å². The minimum atomic E-state index is -0.0961. The molecule has 1 unspecified atom stereocenters. The number of H-pyrrole nitrogens is 1. The largest absolute Gasteiger partial charge is 0.370 e. The Balaban J connectivity index is 2.02. The molecule has 1 aromatic carbocycles. The molecule has 0 aliphatic heterocycles. The normalized spacial score (nSPS) is 13.4. The number of imidazole rings is 1. The Kier molecular flexibility index (Phi) is 3.40. The second-order valence-corrected chi connectivity index (χ2v) is 3.66. The quantitative estimate of drug-likeness (QED) is 0.555. The first-order chi connectivity index (χ1) is 8.25. The molecule has 0 aliphatic carbocycles. The lowest BCUT2D eigenvalue weighted by Crippen LogP contribution is -2.23. The molecule has 0 amide bonds. The van der Waals surface area contributed by atoms with Crippen LogP contribution in [0.5, 0.6) is 0 Å². The fourth-order valence-corrected chi connectivity index (χ4v) is 1.48. The van der Waals surface area contributed by atoms with Crippen molar-refractivity contribution < 1.29 is 0 Å². The highest BCUT2D eigenvalue weighted by Crippen LogP contribution is 2.11. The van der Waals surface area contributed by atoms with Gasteiger partial charge in [-0.3, -0.25) is 0 Å². The first-order valence-corrected chi connectivity index (χ1v) is 5.40. The number of aliphatic imine (C=N–C) groups is 1. The van der Waals surface area contributed by atoms with Crippen LogP contribution in [-0.4, -0.2) is 15.9 Å². The van der Waals surface area contributed by atoms with Gasteiger partial charge in [0.1, 0.15) is 11.9 Å². The van der Waals surface area contributed by atoms with E-state index in [0.29, 0.717) is 5.96 Å². The summed E-state index contributed by atoms with van der Waals surface area (Å²) < 4.78 is 0. The molecule has 1 aromatic heterocycles. The molecule has 1 atom stereocenters. The van der Waals surface area contributed by atoms with Gasteiger partial charge in [-0.25, -0.2) is 9.98 Å². The number of para-hydroxylation sites is 1. The Bertz CT molecular complexity index is 475. The Morgan fingerprint density at radius 2 is 2.18 bits per heavy atom. The van der Waals surface area contributed by atoms with Crippen molar-refractivity contribution in [3.05, 3.63) is 48.5 Å². The van der Waals surface area contributed by atoms with Crippen LogP contribution in [0.25, 0.3) is 0 Å². The summed E-state index contributed by atoms with van der Waals surface area (Å²) in [5.41, 5.74) is 6.73. The zero-order chi connectivity index (χ0) is 12.1. The van der Waals surface area contributed by atoms with Crippen LogP contribution < -0.4 is 11.1 Å². The topological polar surface area (TPSA) is 79.1 Å². The van der Waals surface area contributed by atoms with Crippen LogP contribution in [0.1, 0.15) is 18.8 Å². The first-order valence-electron chi connectivity index (χ1n) is 5.40. The SMILES string of the molecule is CC(N=C(N)Nc1ccccc1)c1ncc[nH]1. The van der Waals surface area contributed by atoms with Crippen LogP contribution in [0, 0.1) is 0 Å². The number of hydrogen-bond donors (Lipinski definition) is 3. The third kappa shape index (κ3) is 3.07. The van der Waals surface area contributed by atoms with Crippen LogP contribution in [0.4, 0.5) is 5.69 Å². The van der Waals surface area contributed by atoms with Crippen LogP contribution >= 0.6 is 0 Å². The lowest BCUT2D eigenvalue weighted by atomic mass is 10.3. The molecule has 1 heterocycles. The number of nitrogens with one attached hydrogen (secondary N) is 2. The summed E-state index contributed by atoms with van der Waals surface area (Å²) in [6.07, 6.45) is 3.46. The summed E-state index contributed by atoms with van der Waals surface area (Å²) >= 11 is 0. The highest BCUT2D eigenvalue weighted by Gasteiger charge is 2.06. The predicted octanol–water partition coefficient (Wildman–Crippen LogP) is 1.90. The van der Waals surface area contributed by atoms with Crippen molar-refractivity contribution >= 4 is 11.6 Å². The first kappa shape index (κ1) is 11.2. The van der Waals surface area contributed by atoms with E-state index in [1.165, 1.54) is 0 Å². The maximum atomic E-state index is 5.81. The molecule has 0 bridgehead atoms. The summed E-state index contributed by atoms with van der Waals surface area (Å²) in [6, 6.07) is 9.59. The highest BCUT2D eigenvalue weighted by molar-refractivity contribution is 5.92. The standard InChI is InChI=1S/C12H15N5/c1-9(11-14-7-8-15-11)16-12(13)17-10-5-3-2-4-6-10/h2-9H,1H3,(H,14,15)(H3,13,16,17). The van der Waals surface area contributed by atoms with E-state index in [9.17, 15) is 0 Å². The molecule has 2 rings (SSSR count). The van der Waals surface area contributed by atoms with Gasteiger partial charge in [0.2, 0.25) is 0 Å². The molecule has 0 saturated carbocycles. The van der Waals surface area contributed by atoms with E-state index in [4.69, 9.17) is 5.73 Å². The number of aromatic nitrogens is 2. The maximum absolute atomic E-state index is 5.81. The third-order valence-electron chi connectivity index (χ3n) is 2.29. The maximum Gasteiger partial charge on any atom is 0.193 e. The minimum Gasteiger partial charge on any atom is -0.370 e. The number of rotatable bonds is 3. The number of nitrogens with two attached hydrogens (primary N) is 1. The van der Waals surface area contributed by atoms with Gasteiger partial charge in [-0.2, -0.15) is 0 Å². The predicted molar refractivity (Wildman–Crippen MR) is 68.7 cm³/mol. The molecule has 0 fully saturated rings. The van der Waals surface area contributed by atoms with E-state index in [1.54, 1.807) is 12.4 Å². The van der Waals surface area contributed by atoms with Gasteiger partial charge in [-0.05, 0) is 19.1 Å². The molecule has 0 radical (unpaired) electrons. The second kappa shape index (κ2) is 5.16. The third-order valence-corrected chi connectivity index (χ3v) is 2.29. The minimum absolute atomic E-state index is 0.0961. The summed E-state index contributed by atoms with van der Waals surface area (Å²) in [6.45, 7) is 1.93. The molecule has 5 nitrogen and oxygen atoms in total. The fraction of sp³-hybridized carbons (Fsp3) is 0.167. The lowest BCUT2D eigenvalue weighted by Gasteiger charge is -2.08. The van der Waals surface area contributed by atoms with Gasteiger partial charge in [0, 0.05) is 18.1 Å². The van der Waals surface area contributed by atoms with Crippen molar-refractivity contribution in [2.24, 2.45) is 10.7 Å². The number of anilines is 1. The van der Waals surface area contributed by atoms with Crippen molar-refractivity contribution in [2.75, 3.05) is 5.32 Å². The van der Waals surface area contributed by atoms with Crippen LogP contribution in [0.3, 0.4) is 0 Å². The zero-order valence-electron chi connectivity index (χ0n) is 9.59. The Morgan fingerprint density at radius 3 is 2.82 bits per heavy atom. The Morgan fingerprint density at radius 1 is 1.41 bits per heavy atom. The molecule has 2 aromatic rings. The van der Waals surface area contributed by atoms with Gasteiger partial charge in [0.25, 0.3) is 0 Å². The van der Waals surface area contributed by atoms with E-state index in [2.05, 4.69) is 20.3 Å². The molecule has 17 heavy (non-hydrogen) atoms. The van der Waals surface area contributed by atoms with E-state index < -0.39 is 0 Å². The molecule has 0 spiro atoms. The van der Waals surface area contributed by atoms with Crippen molar-refractivity contribution in [3.8, 4) is 0 Å². The van der Waals surface area contributed by atoms with Gasteiger partial charge < -0.3 is 16.0 Å². The average molecular weight is 229 g/mol. The van der Waals surface area contributed by atoms with E-state index in [-0.39, 0.29) is 6.04 Å². The van der Waals surface area contributed by atoms with Crippen molar-refractivity contribution in [1.82, 2.24) is 9.97 Å². The summed E-state index contributed by atoms with van der Waals surface area (Å²) in [5, 5.41) is 3.02. The number of guanidine groups is 1. The Labute approximate surface area is 99.8 Å². The van der Waals surface area contributed by atoms with Crippen LogP contribution in [0.15, 0.2) is 47.7 Å². The summed E-state index contributed by atoms with van der Waals surface area (Å²) in [4.78, 5) is 11.4. The lowest BCUT2D eigenvalue weighted by molar-refractivity contribution is 0.756. The fourth-order valence-electron chi connectivity index (χ4n) is 1.48. The number of benzene rings is 1. The number of hydrogen-bond acceptors (Lipinski definition) is 2. The van der Waals surface area contributed by atoms with Gasteiger partial charge in [-0.15, -0.1) is 0 Å². The number of nitrogens with zero attached hydrogens (tertiary/aromatic N) is 2. The smallest absolute Gasteiger partial charge is 0.193 e. The van der Waals surface area contributed by atoms with Gasteiger partial charge >= 0.3 is 0 Å². The Hall–Kier alpha value is -2.30. The molecule has 4 N–H and O–H groups in total. The van der Waals surface area contributed by atoms with Crippen molar-refractivity contribution in [3.63, 3.8) is 0 Å². The average Bonchev–Trinajstić information content (AvgIpc) is 2.83. The zero-order valence-corrected chi connectivity index (χ0v) is 9.59. The molecule has 5 heteroatoms. The molecular weight excluding hydrogens is 214 g/mol. The monoisotopic (exact) mass is 229 g/mol. The molecular formula is C12H15N5. The summed E-state index contributed by atoms with van der Waals surface area (Å²) in [7, 11) is 0. The van der Waals surface area contributed by atoms with Gasteiger partial charge in [0.15, 0.2) is 5.96 Å². The van der Waals surface area contributed by atoms with Crippen molar-refractivity contribution in [2.45, 2.75) is 13.0 Å². The molecule has 0 saturated heterocycles. The van der Waals surface area contributed by atoms with Crippen LogP contribution in [0.2, 0.25) is 0 Å². The highest BCUT2D eigenvalue weighted by atomic mass is 15.1. The van der Waals surface area contributed by atoms with Crippen molar-refractivity contribution in [1.29, 1.82) is 0 Å². The molecule has 88 valence electrons. The van der Waals surface area contributed by atoms with E-state index in [0.717, 1.165) is 11.5 Å². The van der Waals surface area contributed by atoms with Gasteiger partial charge in [0.05, 0.1) is 0 Å². The number of aromatic amines is 1. The van der Waals surface area contributed by atoms with E-state index in [1.807, 2.05) is 37.3 Å².